The van der Waals surface area contributed by atoms with E-state index in [1.54, 1.807) is 36.4 Å². The number of ether oxygens (including phenoxy) is 3. The molecule has 0 radical (unpaired) electrons. The molecule has 0 spiro atoms. The molecule has 1 aliphatic heterocycles. The molecule has 0 fully saturated rings. The van der Waals surface area contributed by atoms with Crippen LogP contribution in [0.15, 0.2) is 42.5 Å². The van der Waals surface area contributed by atoms with Crippen LogP contribution in [0.3, 0.4) is 0 Å². The highest BCUT2D eigenvalue weighted by Crippen LogP contribution is 2.32. The largest absolute Gasteiger partial charge is 0.454 e. The van der Waals surface area contributed by atoms with Gasteiger partial charge in [-0.1, -0.05) is 29.8 Å². The lowest BCUT2D eigenvalue weighted by Gasteiger charge is -2.17. The van der Waals surface area contributed by atoms with E-state index >= 15 is 0 Å². The molecule has 1 atom stereocenters. The average Bonchev–Trinajstić information content (AvgIpc) is 3.27. The van der Waals surface area contributed by atoms with E-state index in [4.69, 9.17) is 25.8 Å². The Labute approximate surface area is 194 Å². The van der Waals surface area contributed by atoms with Gasteiger partial charge in [0.2, 0.25) is 6.79 Å². The number of carbonyl (C=O) groups excluding carboxylic acids is 3. The number of amides is 2. The van der Waals surface area contributed by atoms with Crippen molar-refractivity contribution >= 4 is 41.1 Å². The monoisotopic (exact) mass is 478 g/mol. The SMILES string of the molecule is CSCC[C@@H](NC(=O)c1ccccc1Cl)C(=O)OCC(=O)NCc1ccc2c(c1)OCO2. The van der Waals surface area contributed by atoms with Crippen molar-refractivity contribution in [3.8, 4) is 11.5 Å². The smallest absolute Gasteiger partial charge is 0.329 e. The van der Waals surface area contributed by atoms with Gasteiger partial charge in [-0.25, -0.2) is 4.79 Å². The maximum Gasteiger partial charge on any atom is 0.329 e. The van der Waals surface area contributed by atoms with Crippen LogP contribution in [0.5, 0.6) is 11.5 Å². The number of nitrogens with one attached hydrogen (secondary N) is 2. The third-order valence-corrected chi connectivity index (χ3v) is 5.56. The van der Waals surface area contributed by atoms with Crippen LogP contribution in [0.2, 0.25) is 5.02 Å². The molecule has 3 rings (SSSR count). The van der Waals surface area contributed by atoms with Gasteiger partial charge < -0.3 is 24.8 Å². The van der Waals surface area contributed by atoms with E-state index in [0.717, 1.165) is 5.56 Å². The molecule has 2 amide bonds. The quantitative estimate of drug-likeness (QED) is 0.506. The van der Waals surface area contributed by atoms with Crippen LogP contribution >= 0.6 is 23.4 Å². The number of benzene rings is 2. The van der Waals surface area contributed by atoms with E-state index in [1.165, 1.54) is 11.8 Å². The molecule has 170 valence electrons. The molecule has 8 nitrogen and oxygen atoms in total. The first-order chi connectivity index (χ1) is 15.5. The minimum Gasteiger partial charge on any atom is -0.454 e. The van der Waals surface area contributed by atoms with Crippen molar-refractivity contribution in [2.24, 2.45) is 0 Å². The predicted molar refractivity (Wildman–Crippen MR) is 121 cm³/mol. The molecule has 32 heavy (non-hydrogen) atoms. The Kier molecular flexibility index (Phi) is 8.64. The lowest BCUT2D eigenvalue weighted by atomic mass is 10.1. The van der Waals surface area contributed by atoms with Crippen molar-refractivity contribution in [2.75, 3.05) is 25.4 Å². The maximum atomic E-state index is 12.5. The lowest BCUT2D eigenvalue weighted by molar-refractivity contribution is -0.150. The Morgan fingerprint density at radius 1 is 1.16 bits per heavy atom. The number of carbonyl (C=O) groups is 3. The maximum absolute atomic E-state index is 12.5. The molecule has 1 aliphatic rings. The first kappa shape index (κ1) is 23.7. The zero-order chi connectivity index (χ0) is 22.9. The minimum atomic E-state index is -0.895. The predicted octanol–water partition coefficient (Wildman–Crippen LogP) is 2.78. The van der Waals surface area contributed by atoms with Crippen LogP contribution in [-0.2, 0) is 20.9 Å². The molecule has 1 heterocycles. The van der Waals surface area contributed by atoms with Crippen LogP contribution in [0.25, 0.3) is 0 Å². The van der Waals surface area contributed by atoms with Crippen LogP contribution in [0, 0.1) is 0 Å². The molecule has 0 saturated heterocycles. The number of halogens is 1. The molecule has 0 unspecified atom stereocenters. The summed E-state index contributed by atoms with van der Waals surface area (Å²) in [6, 6.07) is 11.0. The highest BCUT2D eigenvalue weighted by atomic mass is 35.5. The van der Waals surface area contributed by atoms with Gasteiger partial charge in [-0.05, 0) is 48.3 Å². The standard InChI is InChI=1S/C22H23ClN2O6S/c1-32-9-8-17(25-21(27)15-4-2-3-5-16(15)23)22(28)29-12-20(26)24-11-14-6-7-18-19(10-14)31-13-30-18/h2-7,10,17H,8-9,11-13H2,1H3,(H,24,26)(H,25,27)/t17-/m1/s1. The van der Waals surface area contributed by atoms with Gasteiger partial charge in [0.25, 0.3) is 11.8 Å². The number of hydrogen-bond donors (Lipinski definition) is 2. The summed E-state index contributed by atoms with van der Waals surface area (Å²) >= 11 is 7.59. The molecular formula is C22H23ClN2O6S. The normalized spacial score (nSPS) is 12.7. The Bertz CT molecular complexity index is 987. The van der Waals surface area contributed by atoms with Gasteiger partial charge in [-0.15, -0.1) is 0 Å². The van der Waals surface area contributed by atoms with E-state index in [2.05, 4.69) is 10.6 Å². The first-order valence-electron chi connectivity index (χ1n) is 9.84. The van der Waals surface area contributed by atoms with Crippen molar-refractivity contribution in [3.05, 3.63) is 58.6 Å². The van der Waals surface area contributed by atoms with E-state index in [1.807, 2.05) is 12.3 Å². The summed E-state index contributed by atoms with van der Waals surface area (Å²) in [5.41, 5.74) is 1.08. The summed E-state index contributed by atoms with van der Waals surface area (Å²) in [5.74, 6) is 0.276. The fourth-order valence-corrected chi connectivity index (χ4v) is 3.60. The highest BCUT2D eigenvalue weighted by Gasteiger charge is 2.24. The van der Waals surface area contributed by atoms with E-state index < -0.39 is 30.4 Å². The first-order valence-corrected chi connectivity index (χ1v) is 11.6. The summed E-state index contributed by atoms with van der Waals surface area (Å²) in [6.07, 6.45) is 2.25. The number of esters is 1. The van der Waals surface area contributed by atoms with Crippen molar-refractivity contribution in [2.45, 2.75) is 19.0 Å². The Morgan fingerprint density at radius 3 is 2.72 bits per heavy atom. The highest BCUT2D eigenvalue weighted by molar-refractivity contribution is 7.98. The van der Waals surface area contributed by atoms with Crippen LogP contribution in [0.1, 0.15) is 22.3 Å². The Hall–Kier alpha value is -2.91. The number of thioether (sulfide) groups is 1. The van der Waals surface area contributed by atoms with Crippen molar-refractivity contribution < 1.29 is 28.6 Å². The molecule has 2 N–H and O–H groups in total. The number of rotatable bonds is 10. The fourth-order valence-electron chi connectivity index (χ4n) is 2.91. The minimum absolute atomic E-state index is 0.172. The molecule has 0 saturated carbocycles. The molecule has 2 aromatic rings. The molecule has 2 aromatic carbocycles. The summed E-state index contributed by atoms with van der Waals surface area (Å²) < 4.78 is 15.7. The van der Waals surface area contributed by atoms with E-state index in [0.29, 0.717) is 23.7 Å². The van der Waals surface area contributed by atoms with Crippen LogP contribution in [0.4, 0.5) is 0 Å². The van der Waals surface area contributed by atoms with Gasteiger partial charge in [-0.2, -0.15) is 11.8 Å². The van der Waals surface area contributed by atoms with Crippen molar-refractivity contribution in [1.82, 2.24) is 10.6 Å². The van der Waals surface area contributed by atoms with Crippen LogP contribution in [-0.4, -0.2) is 49.2 Å². The second-order valence-corrected chi connectivity index (χ2v) is 8.25. The van der Waals surface area contributed by atoms with Gasteiger partial charge in [0.05, 0.1) is 10.6 Å². The molecule has 0 bridgehead atoms. The molecule has 10 heteroatoms. The molecule has 0 aliphatic carbocycles. The van der Waals surface area contributed by atoms with E-state index in [-0.39, 0.29) is 23.9 Å². The van der Waals surface area contributed by atoms with Gasteiger partial charge in [0, 0.05) is 6.54 Å². The van der Waals surface area contributed by atoms with E-state index in [9.17, 15) is 14.4 Å². The van der Waals surface area contributed by atoms with Gasteiger partial charge >= 0.3 is 5.97 Å². The van der Waals surface area contributed by atoms with Gasteiger partial charge in [0.15, 0.2) is 18.1 Å². The van der Waals surface area contributed by atoms with Gasteiger partial charge in [0.1, 0.15) is 6.04 Å². The third kappa shape index (κ3) is 6.54. The Morgan fingerprint density at radius 2 is 1.94 bits per heavy atom. The fraction of sp³-hybridized carbons (Fsp3) is 0.318. The molecular weight excluding hydrogens is 456 g/mol. The summed E-state index contributed by atoms with van der Waals surface area (Å²) in [5, 5.41) is 5.61. The number of fused-ring (bicyclic) bond motifs is 1. The van der Waals surface area contributed by atoms with Crippen LogP contribution < -0.4 is 20.1 Å². The third-order valence-electron chi connectivity index (χ3n) is 4.59. The lowest BCUT2D eigenvalue weighted by Crippen LogP contribution is -2.43. The summed E-state index contributed by atoms with van der Waals surface area (Å²) in [7, 11) is 0. The van der Waals surface area contributed by atoms with Crippen molar-refractivity contribution in [3.63, 3.8) is 0 Å². The second-order valence-electron chi connectivity index (χ2n) is 6.86. The summed E-state index contributed by atoms with van der Waals surface area (Å²) in [4.78, 5) is 37.2. The molecule has 0 aromatic heterocycles. The Balaban J connectivity index is 1.49. The van der Waals surface area contributed by atoms with Crippen molar-refractivity contribution in [1.29, 1.82) is 0 Å². The summed E-state index contributed by atoms with van der Waals surface area (Å²) in [6.45, 7) is -0.0426. The zero-order valence-corrected chi connectivity index (χ0v) is 19.0. The number of hydrogen-bond acceptors (Lipinski definition) is 7. The second kappa shape index (κ2) is 11.6. The zero-order valence-electron chi connectivity index (χ0n) is 17.4. The topological polar surface area (TPSA) is 103 Å². The average molecular weight is 479 g/mol. The van der Waals surface area contributed by atoms with Gasteiger partial charge in [-0.3, -0.25) is 9.59 Å².